The quantitative estimate of drug-likeness (QED) is 0.883. The Morgan fingerprint density at radius 2 is 2.25 bits per heavy atom. The Balaban J connectivity index is 2.13. The van der Waals surface area contributed by atoms with Crippen molar-refractivity contribution >= 4 is 17.2 Å². The average molecular weight is 234 g/mol. The lowest BCUT2D eigenvalue weighted by Crippen LogP contribution is -2.10. The van der Waals surface area contributed by atoms with E-state index >= 15 is 0 Å². The number of rotatable bonds is 4. The van der Waals surface area contributed by atoms with E-state index in [9.17, 15) is 0 Å². The lowest BCUT2D eigenvalue weighted by atomic mass is 10.2. The average Bonchev–Trinajstić information content (AvgIpc) is 2.79. The highest BCUT2D eigenvalue weighted by Gasteiger charge is 2.11. The summed E-state index contributed by atoms with van der Waals surface area (Å²) < 4.78 is 0. The molecule has 2 aromatic rings. The van der Waals surface area contributed by atoms with Crippen LogP contribution in [0.25, 0.3) is 0 Å². The topological polar surface area (TPSA) is 50.7 Å². The largest absolute Gasteiger partial charge is 0.361 e. The van der Waals surface area contributed by atoms with E-state index < -0.39 is 0 Å². The molecule has 0 aliphatic rings. The van der Waals surface area contributed by atoms with Gasteiger partial charge in [0.2, 0.25) is 0 Å². The number of hydrogen-bond acceptors (Lipinski definition) is 5. The molecule has 0 radical (unpaired) electrons. The first-order valence-corrected chi connectivity index (χ1v) is 6.13. The van der Waals surface area contributed by atoms with Gasteiger partial charge in [-0.3, -0.25) is 0 Å². The molecule has 1 N–H and O–H groups in total. The van der Waals surface area contributed by atoms with Gasteiger partial charge in [-0.05, 0) is 19.4 Å². The summed E-state index contributed by atoms with van der Waals surface area (Å²) in [6, 6.07) is 2.11. The molecule has 16 heavy (non-hydrogen) atoms. The SMILES string of the molecule is CCC(Nc1ccnc(C)n1)c1nccs1. The predicted octanol–water partition coefficient (Wildman–Crippen LogP) is 2.80. The fourth-order valence-electron chi connectivity index (χ4n) is 1.46. The first-order chi connectivity index (χ1) is 7.79. The van der Waals surface area contributed by atoms with Gasteiger partial charge in [0.25, 0.3) is 0 Å². The van der Waals surface area contributed by atoms with Crippen LogP contribution >= 0.6 is 11.3 Å². The molecular weight excluding hydrogens is 220 g/mol. The van der Waals surface area contributed by atoms with E-state index in [0.29, 0.717) is 0 Å². The Kier molecular flexibility index (Phi) is 3.46. The van der Waals surface area contributed by atoms with Crippen molar-refractivity contribution < 1.29 is 0 Å². The zero-order chi connectivity index (χ0) is 11.4. The molecule has 0 saturated carbocycles. The van der Waals surface area contributed by atoms with Gasteiger partial charge >= 0.3 is 0 Å². The molecule has 1 unspecified atom stereocenters. The molecule has 0 fully saturated rings. The highest BCUT2D eigenvalue weighted by molar-refractivity contribution is 7.09. The Labute approximate surface area is 98.8 Å². The summed E-state index contributed by atoms with van der Waals surface area (Å²) in [4.78, 5) is 12.7. The van der Waals surface area contributed by atoms with Crippen molar-refractivity contribution in [2.75, 3.05) is 5.32 Å². The van der Waals surface area contributed by atoms with E-state index in [4.69, 9.17) is 0 Å². The monoisotopic (exact) mass is 234 g/mol. The zero-order valence-corrected chi connectivity index (χ0v) is 10.2. The van der Waals surface area contributed by atoms with Gasteiger partial charge in [0, 0.05) is 17.8 Å². The third-order valence-corrected chi connectivity index (χ3v) is 3.15. The maximum absolute atomic E-state index is 4.33. The lowest BCUT2D eigenvalue weighted by Gasteiger charge is -2.14. The number of anilines is 1. The van der Waals surface area contributed by atoms with E-state index in [1.165, 1.54) is 0 Å². The highest BCUT2D eigenvalue weighted by atomic mass is 32.1. The molecule has 2 aromatic heterocycles. The number of thiazole rings is 1. The molecule has 2 heterocycles. The maximum atomic E-state index is 4.33. The van der Waals surface area contributed by atoms with Gasteiger partial charge in [0.05, 0.1) is 6.04 Å². The fourth-order valence-corrected chi connectivity index (χ4v) is 2.23. The standard InChI is InChI=1S/C11H14N4S/c1-3-9(11-13-6-7-16-11)15-10-4-5-12-8(2)14-10/h4-7,9H,3H2,1-2H3,(H,12,14,15). The summed E-state index contributed by atoms with van der Waals surface area (Å²) in [5.41, 5.74) is 0. The molecule has 1 atom stereocenters. The van der Waals surface area contributed by atoms with Crippen molar-refractivity contribution in [2.24, 2.45) is 0 Å². The predicted molar refractivity (Wildman–Crippen MR) is 65.5 cm³/mol. The minimum absolute atomic E-state index is 0.231. The van der Waals surface area contributed by atoms with Crippen LogP contribution in [-0.4, -0.2) is 15.0 Å². The second-order valence-corrected chi connectivity index (χ2v) is 4.39. The Bertz CT molecular complexity index is 441. The summed E-state index contributed by atoms with van der Waals surface area (Å²) in [6.07, 6.45) is 4.57. The molecule has 0 amide bonds. The van der Waals surface area contributed by atoms with Crippen molar-refractivity contribution in [3.8, 4) is 0 Å². The van der Waals surface area contributed by atoms with Crippen LogP contribution in [0.15, 0.2) is 23.8 Å². The number of aromatic nitrogens is 3. The highest BCUT2D eigenvalue weighted by Crippen LogP contribution is 2.22. The first kappa shape index (κ1) is 11.0. The molecule has 2 rings (SSSR count). The van der Waals surface area contributed by atoms with Gasteiger partial charge in [-0.2, -0.15) is 0 Å². The minimum atomic E-state index is 0.231. The van der Waals surface area contributed by atoms with Crippen LogP contribution in [0.2, 0.25) is 0 Å². The van der Waals surface area contributed by atoms with Gasteiger partial charge in [0.15, 0.2) is 0 Å². The molecule has 0 aliphatic heterocycles. The first-order valence-electron chi connectivity index (χ1n) is 5.25. The van der Waals surface area contributed by atoms with Crippen molar-refractivity contribution in [3.63, 3.8) is 0 Å². The van der Waals surface area contributed by atoms with Crippen LogP contribution in [0.5, 0.6) is 0 Å². The van der Waals surface area contributed by atoms with Crippen LogP contribution in [0, 0.1) is 6.92 Å². The van der Waals surface area contributed by atoms with Crippen molar-refractivity contribution in [2.45, 2.75) is 26.3 Å². The molecule has 0 aromatic carbocycles. The van der Waals surface area contributed by atoms with Crippen LogP contribution in [0.3, 0.4) is 0 Å². The van der Waals surface area contributed by atoms with Gasteiger partial charge in [0.1, 0.15) is 16.6 Å². The number of aryl methyl sites for hydroxylation is 1. The van der Waals surface area contributed by atoms with Crippen LogP contribution in [-0.2, 0) is 0 Å². The normalized spacial score (nSPS) is 12.4. The Hall–Kier alpha value is -1.49. The molecule has 84 valence electrons. The van der Waals surface area contributed by atoms with Gasteiger partial charge < -0.3 is 5.32 Å². The van der Waals surface area contributed by atoms with Crippen molar-refractivity contribution in [1.82, 2.24) is 15.0 Å². The van der Waals surface area contributed by atoms with Gasteiger partial charge in [-0.15, -0.1) is 11.3 Å². The van der Waals surface area contributed by atoms with Gasteiger partial charge in [-0.1, -0.05) is 6.92 Å². The van der Waals surface area contributed by atoms with E-state index in [1.54, 1.807) is 17.5 Å². The third kappa shape index (κ3) is 2.55. The summed E-state index contributed by atoms with van der Waals surface area (Å²) in [6.45, 7) is 4.02. The van der Waals surface area contributed by atoms with E-state index in [1.807, 2.05) is 24.6 Å². The molecule has 0 aliphatic carbocycles. The molecular formula is C11H14N4S. The smallest absolute Gasteiger partial charge is 0.130 e. The van der Waals surface area contributed by atoms with E-state index in [0.717, 1.165) is 23.1 Å². The van der Waals surface area contributed by atoms with Crippen LogP contribution in [0.1, 0.15) is 30.2 Å². The van der Waals surface area contributed by atoms with Crippen molar-refractivity contribution in [3.05, 3.63) is 34.7 Å². The van der Waals surface area contributed by atoms with Crippen molar-refractivity contribution in [1.29, 1.82) is 0 Å². The van der Waals surface area contributed by atoms with Gasteiger partial charge in [-0.25, -0.2) is 15.0 Å². The summed E-state index contributed by atoms with van der Waals surface area (Å²) >= 11 is 1.66. The second-order valence-electron chi connectivity index (χ2n) is 3.46. The summed E-state index contributed by atoms with van der Waals surface area (Å²) in [5.74, 6) is 1.63. The minimum Gasteiger partial charge on any atom is -0.361 e. The lowest BCUT2D eigenvalue weighted by molar-refractivity contribution is 0.735. The molecule has 5 heteroatoms. The molecule has 0 bridgehead atoms. The van der Waals surface area contributed by atoms with E-state index in [-0.39, 0.29) is 6.04 Å². The van der Waals surface area contributed by atoms with Crippen LogP contribution in [0.4, 0.5) is 5.82 Å². The second kappa shape index (κ2) is 5.03. The number of nitrogens with one attached hydrogen (secondary N) is 1. The Morgan fingerprint density at radius 3 is 2.88 bits per heavy atom. The summed E-state index contributed by atoms with van der Waals surface area (Å²) in [7, 11) is 0. The number of nitrogens with zero attached hydrogens (tertiary/aromatic N) is 3. The third-order valence-electron chi connectivity index (χ3n) is 2.26. The van der Waals surface area contributed by atoms with E-state index in [2.05, 4.69) is 27.2 Å². The zero-order valence-electron chi connectivity index (χ0n) is 9.34. The Morgan fingerprint density at radius 1 is 1.38 bits per heavy atom. The van der Waals surface area contributed by atoms with Crippen LogP contribution < -0.4 is 5.32 Å². The molecule has 0 spiro atoms. The maximum Gasteiger partial charge on any atom is 0.130 e. The molecule has 0 saturated heterocycles. The summed E-state index contributed by atoms with van der Waals surface area (Å²) in [5, 5.41) is 6.46. The molecule has 4 nitrogen and oxygen atoms in total. The number of hydrogen-bond donors (Lipinski definition) is 1. The fraction of sp³-hybridized carbons (Fsp3) is 0.364.